The van der Waals surface area contributed by atoms with E-state index in [-0.39, 0.29) is 22.7 Å². The largest absolute Gasteiger partial charge is 0.484 e. The fraction of sp³-hybridized carbons (Fsp3) is 0.316. The molecule has 30 heavy (non-hydrogen) atoms. The lowest BCUT2D eigenvalue weighted by atomic mass is 10.1. The third-order valence-corrected chi connectivity index (χ3v) is 4.91. The van der Waals surface area contributed by atoms with Gasteiger partial charge in [0.15, 0.2) is 0 Å². The number of carboxylic acid groups (broad SMARTS) is 2. The number of hydrogen-bond acceptors (Lipinski definition) is 7. The highest BCUT2D eigenvalue weighted by Crippen LogP contribution is 2.32. The van der Waals surface area contributed by atoms with Crippen LogP contribution in [0.2, 0.25) is 0 Å². The molecule has 162 valence electrons. The number of hydrogen-bond donors (Lipinski definition) is 4. The third kappa shape index (κ3) is 8.87. The first-order valence-electron chi connectivity index (χ1n) is 8.65. The average Bonchev–Trinajstić information content (AvgIpc) is 3.24. The summed E-state index contributed by atoms with van der Waals surface area (Å²) in [4.78, 5) is 18.2. The monoisotopic (exact) mass is 502 g/mol. The Morgan fingerprint density at radius 3 is 2.53 bits per heavy atom. The summed E-state index contributed by atoms with van der Waals surface area (Å²) in [5.41, 5.74) is 1.19. The number of rotatable bonds is 9. The summed E-state index contributed by atoms with van der Waals surface area (Å²) >= 11 is 4.70. The molecule has 0 unspecified atom stereocenters. The van der Waals surface area contributed by atoms with Gasteiger partial charge in [0.2, 0.25) is 0 Å². The molecule has 1 aromatic heterocycles. The lowest BCUT2D eigenvalue weighted by Gasteiger charge is -2.20. The van der Waals surface area contributed by atoms with Crippen LogP contribution in [0.25, 0.3) is 0 Å². The average molecular weight is 503 g/mol. The molecule has 1 heterocycles. The highest BCUT2D eigenvalue weighted by atomic mass is 79.9. The molecular formula is C19H20BrFN2O6S. The quantitative estimate of drug-likeness (QED) is 0.302. The number of nitriles is 1. The van der Waals surface area contributed by atoms with Crippen LogP contribution in [0.4, 0.5) is 4.39 Å². The summed E-state index contributed by atoms with van der Waals surface area (Å²) in [7, 11) is 0. The van der Waals surface area contributed by atoms with E-state index in [0.717, 1.165) is 12.1 Å². The predicted octanol–water partition coefficient (Wildman–Crippen LogP) is 3.16. The second-order valence-corrected chi connectivity index (χ2v) is 7.40. The van der Waals surface area contributed by atoms with Crippen LogP contribution < -0.4 is 10.1 Å². The number of nitrogens with zero attached hydrogens (tertiary/aromatic N) is 1. The van der Waals surface area contributed by atoms with E-state index in [0.29, 0.717) is 25.1 Å². The minimum absolute atomic E-state index is 0.159. The van der Waals surface area contributed by atoms with Crippen molar-refractivity contribution in [2.45, 2.75) is 18.9 Å². The molecule has 0 aliphatic heterocycles. The van der Waals surface area contributed by atoms with Gasteiger partial charge in [-0.15, -0.1) is 0 Å². The van der Waals surface area contributed by atoms with Gasteiger partial charge >= 0.3 is 11.9 Å². The Labute approximate surface area is 184 Å². The van der Waals surface area contributed by atoms with Crippen molar-refractivity contribution in [3.05, 3.63) is 50.4 Å². The number of aliphatic hydroxyl groups excluding tert-OH is 1. The van der Waals surface area contributed by atoms with Gasteiger partial charge in [-0.25, -0.2) is 14.0 Å². The molecule has 0 radical (unpaired) electrons. The van der Waals surface area contributed by atoms with Crippen molar-refractivity contribution in [1.29, 1.82) is 5.26 Å². The van der Waals surface area contributed by atoms with Crippen LogP contribution in [0, 0.1) is 17.1 Å². The fourth-order valence-electron chi connectivity index (χ4n) is 2.18. The topological polar surface area (TPSA) is 140 Å². The maximum atomic E-state index is 13.6. The third-order valence-electron chi connectivity index (χ3n) is 3.61. The van der Waals surface area contributed by atoms with Gasteiger partial charge in [0.05, 0.1) is 10.0 Å². The second-order valence-electron chi connectivity index (χ2n) is 5.76. The summed E-state index contributed by atoms with van der Waals surface area (Å²) in [6.45, 7) is 1.61. The Morgan fingerprint density at radius 1 is 1.30 bits per heavy atom. The van der Waals surface area contributed by atoms with Gasteiger partial charge in [-0.2, -0.15) is 16.6 Å². The summed E-state index contributed by atoms with van der Waals surface area (Å²) in [6.07, 6.45) is 1.16. The number of carbonyl (C=O) groups is 2. The first kappa shape index (κ1) is 25.5. The highest BCUT2D eigenvalue weighted by Gasteiger charge is 2.17. The molecule has 0 saturated carbocycles. The maximum absolute atomic E-state index is 13.6. The van der Waals surface area contributed by atoms with Crippen LogP contribution in [-0.2, 0) is 9.59 Å². The molecule has 4 N–H and O–H groups in total. The van der Waals surface area contributed by atoms with Gasteiger partial charge < -0.3 is 25.4 Å². The van der Waals surface area contributed by atoms with Crippen LogP contribution in [0.15, 0.2) is 33.4 Å². The Kier molecular flexibility index (Phi) is 11.6. The van der Waals surface area contributed by atoms with Crippen LogP contribution in [0.3, 0.4) is 0 Å². The molecule has 0 aliphatic rings. The number of aliphatic hydroxyl groups is 1. The first-order chi connectivity index (χ1) is 14.3. The molecule has 0 spiro atoms. The zero-order valence-electron chi connectivity index (χ0n) is 15.7. The molecule has 11 heteroatoms. The van der Waals surface area contributed by atoms with E-state index in [4.69, 9.17) is 29.6 Å². The van der Waals surface area contributed by atoms with E-state index < -0.39 is 17.8 Å². The number of ether oxygens (including phenoxy) is 1. The highest BCUT2D eigenvalue weighted by molar-refractivity contribution is 9.10. The number of benzene rings is 1. The fourth-order valence-corrected chi connectivity index (χ4v) is 3.20. The standard InChI is InChI=1S/C17H18BrFN2O2S.C2H2O4/c18-14-9-17(13(10-20)8-15(14)19)23-16(12-3-7-24-11-12)2-5-21-4-1-6-22;3-1(4)2(5)6/h3,7-9,11,16,21-22H,1-2,4-6H2;(H,3,4)(H,5,6)/t16-;/m1./s1. The van der Waals surface area contributed by atoms with Gasteiger partial charge in [0.1, 0.15) is 23.7 Å². The molecule has 2 aromatic rings. The number of carboxylic acids is 2. The molecule has 1 atom stereocenters. The minimum Gasteiger partial charge on any atom is -0.484 e. The number of halogens is 2. The molecule has 0 fully saturated rings. The minimum atomic E-state index is -1.82. The number of nitrogens with one attached hydrogen (secondary N) is 1. The van der Waals surface area contributed by atoms with Gasteiger partial charge in [-0.1, -0.05) is 0 Å². The first-order valence-corrected chi connectivity index (χ1v) is 10.4. The number of thiophene rings is 1. The Hall–Kier alpha value is -2.52. The normalized spacial score (nSPS) is 11.0. The Bertz CT molecular complexity index is 861. The zero-order chi connectivity index (χ0) is 22.5. The summed E-state index contributed by atoms with van der Waals surface area (Å²) in [5.74, 6) is -3.78. The summed E-state index contributed by atoms with van der Waals surface area (Å²) in [6, 6.07) is 6.61. The summed E-state index contributed by atoms with van der Waals surface area (Å²) in [5, 5.41) is 40.0. The van der Waals surface area contributed by atoms with Crippen molar-refractivity contribution >= 4 is 39.2 Å². The molecular weight excluding hydrogens is 483 g/mol. The molecule has 1 aromatic carbocycles. The van der Waals surface area contributed by atoms with E-state index in [1.54, 1.807) is 11.3 Å². The molecule has 0 saturated heterocycles. The Balaban J connectivity index is 0.000000656. The lowest BCUT2D eigenvalue weighted by molar-refractivity contribution is -0.159. The van der Waals surface area contributed by atoms with Gasteiger partial charge in [0, 0.05) is 18.6 Å². The van der Waals surface area contributed by atoms with Gasteiger partial charge in [0.25, 0.3) is 0 Å². The van der Waals surface area contributed by atoms with E-state index in [9.17, 15) is 9.65 Å². The van der Waals surface area contributed by atoms with E-state index in [1.807, 2.05) is 22.9 Å². The maximum Gasteiger partial charge on any atom is 0.414 e. The van der Waals surface area contributed by atoms with Crippen molar-refractivity contribution in [2.75, 3.05) is 19.7 Å². The van der Waals surface area contributed by atoms with E-state index in [1.165, 1.54) is 12.1 Å². The van der Waals surface area contributed by atoms with Crippen molar-refractivity contribution in [1.82, 2.24) is 5.32 Å². The van der Waals surface area contributed by atoms with Crippen molar-refractivity contribution in [3.63, 3.8) is 0 Å². The predicted molar refractivity (Wildman–Crippen MR) is 111 cm³/mol. The van der Waals surface area contributed by atoms with Crippen LogP contribution in [0.5, 0.6) is 5.75 Å². The second kappa shape index (κ2) is 13.7. The summed E-state index contributed by atoms with van der Waals surface area (Å²) < 4.78 is 19.9. The zero-order valence-corrected chi connectivity index (χ0v) is 18.1. The molecule has 2 rings (SSSR count). The van der Waals surface area contributed by atoms with Crippen molar-refractivity contribution in [2.24, 2.45) is 0 Å². The van der Waals surface area contributed by atoms with Gasteiger partial charge in [-0.05, 0) is 64.4 Å². The lowest BCUT2D eigenvalue weighted by Crippen LogP contribution is -2.21. The Morgan fingerprint density at radius 2 is 2.00 bits per heavy atom. The van der Waals surface area contributed by atoms with Crippen molar-refractivity contribution < 1.29 is 34.0 Å². The molecule has 0 amide bonds. The van der Waals surface area contributed by atoms with Gasteiger partial charge in [-0.3, -0.25) is 0 Å². The van der Waals surface area contributed by atoms with Crippen molar-refractivity contribution in [3.8, 4) is 11.8 Å². The van der Waals surface area contributed by atoms with Crippen LogP contribution >= 0.6 is 27.3 Å². The SMILES string of the molecule is N#Cc1cc(F)c(Br)cc1O[C@H](CCNCCCO)c1ccsc1.O=C(O)C(=O)O. The molecule has 0 bridgehead atoms. The van der Waals surface area contributed by atoms with Crippen LogP contribution in [-0.4, -0.2) is 47.0 Å². The number of aliphatic carboxylic acids is 2. The molecule has 0 aliphatic carbocycles. The van der Waals surface area contributed by atoms with Crippen LogP contribution in [0.1, 0.15) is 30.1 Å². The van der Waals surface area contributed by atoms with E-state index >= 15 is 0 Å². The van der Waals surface area contributed by atoms with E-state index in [2.05, 4.69) is 21.2 Å². The smallest absolute Gasteiger partial charge is 0.414 e. The molecule has 8 nitrogen and oxygen atoms in total.